The number of nitrogens with one attached hydrogen (secondary N) is 1. The molecule has 0 aliphatic carbocycles. The Morgan fingerprint density at radius 1 is 1.27 bits per heavy atom. The van der Waals surface area contributed by atoms with Crippen LogP contribution in [0, 0.1) is 0 Å². The van der Waals surface area contributed by atoms with Gasteiger partial charge in [-0.1, -0.05) is 0 Å². The highest BCUT2D eigenvalue weighted by molar-refractivity contribution is 7.16. The number of nitrogens with zero attached hydrogens (tertiary/aromatic N) is 3. The lowest BCUT2D eigenvalue weighted by atomic mass is 10.1. The van der Waals surface area contributed by atoms with Crippen LogP contribution in [0.25, 0.3) is 10.2 Å². The van der Waals surface area contributed by atoms with Gasteiger partial charge in [0.05, 0.1) is 11.9 Å². The van der Waals surface area contributed by atoms with Gasteiger partial charge in [-0.05, 0) is 34.9 Å². The Labute approximate surface area is 135 Å². The molecule has 0 fully saturated rings. The SMILES string of the molecule is O=C(CNc1ncnc2sccc12)N1CCc2sccc2C1. The summed E-state index contributed by atoms with van der Waals surface area (Å²) in [4.78, 5) is 25.1. The number of hydrogen-bond donors (Lipinski definition) is 1. The molecule has 0 spiro atoms. The molecule has 7 heteroatoms. The molecule has 0 aromatic carbocycles. The third-order valence-corrected chi connectivity index (χ3v) is 5.67. The minimum atomic E-state index is 0.110. The largest absolute Gasteiger partial charge is 0.360 e. The normalized spacial score (nSPS) is 14.1. The number of hydrogen-bond acceptors (Lipinski definition) is 6. The number of carbonyl (C=O) groups excluding carboxylic acids is 1. The van der Waals surface area contributed by atoms with E-state index in [1.807, 2.05) is 16.3 Å². The molecular formula is C15H14N4OS2. The number of carbonyl (C=O) groups is 1. The topological polar surface area (TPSA) is 58.1 Å². The molecule has 0 saturated carbocycles. The molecule has 4 rings (SSSR count). The molecule has 0 saturated heterocycles. The Bertz CT molecular complexity index is 826. The molecule has 1 amide bonds. The van der Waals surface area contributed by atoms with E-state index in [1.165, 1.54) is 16.8 Å². The van der Waals surface area contributed by atoms with Gasteiger partial charge in [0.1, 0.15) is 17.0 Å². The zero-order valence-electron chi connectivity index (χ0n) is 11.8. The molecule has 1 N–H and O–H groups in total. The van der Waals surface area contributed by atoms with Crippen LogP contribution in [0.3, 0.4) is 0 Å². The number of rotatable bonds is 3. The van der Waals surface area contributed by atoms with Crippen molar-refractivity contribution in [1.29, 1.82) is 0 Å². The van der Waals surface area contributed by atoms with Crippen LogP contribution in [-0.2, 0) is 17.8 Å². The molecule has 3 aromatic rings. The van der Waals surface area contributed by atoms with Crippen LogP contribution in [0.5, 0.6) is 0 Å². The average Bonchev–Trinajstić information content (AvgIpc) is 3.20. The van der Waals surface area contributed by atoms with E-state index in [-0.39, 0.29) is 12.5 Å². The highest BCUT2D eigenvalue weighted by atomic mass is 32.1. The zero-order valence-corrected chi connectivity index (χ0v) is 13.4. The first kappa shape index (κ1) is 13.7. The summed E-state index contributed by atoms with van der Waals surface area (Å²) in [5.74, 6) is 0.840. The molecule has 0 radical (unpaired) electrons. The van der Waals surface area contributed by atoms with Crippen molar-refractivity contribution in [3.63, 3.8) is 0 Å². The molecule has 5 nitrogen and oxygen atoms in total. The van der Waals surface area contributed by atoms with Crippen molar-refractivity contribution in [1.82, 2.24) is 14.9 Å². The van der Waals surface area contributed by atoms with Crippen molar-refractivity contribution in [2.75, 3.05) is 18.4 Å². The Kier molecular flexibility index (Phi) is 3.51. The average molecular weight is 330 g/mol. The van der Waals surface area contributed by atoms with Crippen molar-refractivity contribution < 1.29 is 4.79 Å². The maximum atomic E-state index is 12.4. The number of aromatic nitrogens is 2. The summed E-state index contributed by atoms with van der Waals surface area (Å²) in [6.45, 7) is 1.78. The van der Waals surface area contributed by atoms with Gasteiger partial charge in [-0.3, -0.25) is 4.79 Å². The number of fused-ring (bicyclic) bond motifs is 2. The summed E-state index contributed by atoms with van der Waals surface area (Å²) in [7, 11) is 0. The summed E-state index contributed by atoms with van der Waals surface area (Å²) in [5.41, 5.74) is 1.28. The lowest BCUT2D eigenvalue weighted by molar-refractivity contribution is -0.130. The smallest absolute Gasteiger partial charge is 0.242 e. The Morgan fingerprint density at radius 2 is 2.18 bits per heavy atom. The monoisotopic (exact) mass is 330 g/mol. The zero-order chi connectivity index (χ0) is 14.9. The molecule has 0 atom stereocenters. The quantitative estimate of drug-likeness (QED) is 0.802. The third-order valence-electron chi connectivity index (χ3n) is 3.83. The number of amides is 1. The van der Waals surface area contributed by atoms with Crippen LogP contribution in [0.1, 0.15) is 10.4 Å². The van der Waals surface area contributed by atoms with Crippen LogP contribution in [-0.4, -0.2) is 33.9 Å². The van der Waals surface area contributed by atoms with Gasteiger partial charge >= 0.3 is 0 Å². The van der Waals surface area contributed by atoms with Crippen LogP contribution in [0.2, 0.25) is 0 Å². The summed E-state index contributed by atoms with van der Waals surface area (Å²) in [6, 6.07) is 4.09. The number of anilines is 1. The fraction of sp³-hybridized carbons (Fsp3) is 0.267. The first-order valence-electron chi connectivity index (χ1n) is 7.06. The Morgan fingerprint density at radius 3 is 3.14 bits per heavy atom. The van der Waals surface area contributed by atoms with Crippen LogP contribution < -0.4 is 5.32 Å². The summed E-state index contributed by atoms with van der Waals surface area (Å²) >= 11 is 3.35. The van der Waals surface area contributed by atoms with E-state index in [0.717, 1.165) is 35.5 Å². The third kappa shape index (κ3) is 2.46. The minimum absolute atomic E-state index is 0.110. The molecule has 3 aromatic heterocycles. The predicted molar refractivity (Wildman–Crippen MR) is 89.3 cm³/mol. The number of thiophene rings is 2. The maximum absolute atomic E-state index is 12.4. The first-order valence-corrected chi connectivity index (χ1v) is 8.82. The highest BCUT2D eigenvalue weighted by Crippen LogP contribution is 2.25. The molecular weight excluding hydrogens is 316 g/mol. The lowest BCUT2D eigenvalue weighted by Crippen LogP contribution is -2.38. The highest BCUT2D eigenvalue weighted by Gasteiger charge is 2.21. The van der Waals surface area contributed by atoms with Crippen molar-refractivity contribution >= 4 is 44.6 Å². The van der Waals surface area contributed by atoms with Crippen molar-refractivity contribution in [3.05, 3.63) is 39.7 Å². The predicted octanol–water partition coefficient (Wildman–Crippen LogP) is 2.75. The first-order chi connectivity index (χ1) is 10.8. The van der Waals surface area contributed by atoms with Crippen molar-refractivity contribution in [2.24, 2.45) is 0 Å². The van der Waals surface area contributed by atoms with Gasteiger partial charge in [0.2, 0.25) is 5.91 Å². The summed E-state index contributed by atoms with van der Waals surface area (Å²) in [6.07, 6.45) is 2.49. The van der Waals surface area contributed by atoms with E-state index in [1.54, 1.807) is 22.7 Å². The van der Waals surface area contributed by atoms with E-state index >= 15 is 0 Å². The van der Waals surface area contributed by atoms with E-state index in [4.69, 9.17) is 0 Å². The lowest BCUT2D eigenvalue weighted by Gasteiger charge is -2.27. The van der Waals surface area contributed by atoms with Gasteiger partial charge in [-0.2, -0.15) is 0 Å². The summed E-state index contributed by atoms with van der Waals surface area (Å²) in [5, 5.41) is 8.21. The molecule has 22 heavy (non-hydrogen) atoms. The second kappa shape index (κ2) is 5.66. The van der Waals surface area contributed by atoms with Gasteiger partial charge in [0, 0.05) is 18.0 Å². The standard InChI is InChI=1S/C15H14N4OS2/c20-13(19-4-1-12-10(8-19)2-5-21-12)7-16-14-11-3-6-22-15(11)18-9-17-14/h2-3,5-6,9H,1,4,7-8H2,(H,16,17,18). The molecule has 0 unspecified atom stereocenters. The molecule has 0 bridgehead atoms. The van der Waals surface area contributed by atoms with Crippen molar-refractivity contribution in [2.45, 2.75) is 13.0 Å². The van der Waals surface area contributed by atoms with E-state index in [9.17, 15) is 4.79 Å². The maximum Gasteiger partial charge on any atom is 0.242 e. The van der Waals surface area contributed by atoms with Gasteiger partial charge in [-0.25, -0.2) is 9.97 Å². The van der Waals surface area contributed by atoms with Gasteiger partial charge in [-0.15, -0.1) is 22.7 Å². The van der Waals surface area contributed by atoms with Gasteiger partial charge in [0.25, 0.3) is 0 Å². The van der Waals surface area contributed by atoms with Crippen LogP contribution >= 0.6 is 22.7 Å². The van der Waals surface area contributed by atoms with E-state index in [2.05, 4.69) is 26.7 Å². The Balaban J connectivity index is 1.44. The molecule has 1 aliphatic rings. The second-order valence-corrected chi connectivity index (χ2v) is 7.04. The van der Waals surface area contributed by atoms with Gasteiger partial charge in [0.15, 0.2) is 0 Å². The molecule has 112 valence electrons. The fourth-order valence-corrected chi connectivity index (χ4v) is 4.29. The van der Waals surface area contributed by atoms with E-state index in [0.29, 0.717) is 0 Å². The second-order valence-electron chi connectivity index (χ2n) is 5.15. The fourth-order valence-electron chi connectivity index (χ4n) is 2.66. The minimum Gasteiger partial charge on any atom is -0.360 e. The van der Waals surface area contributed by atoms with E-state index < -0.39 is 0 Å². The Hall–Kier alpha value is -1.99. The molecule has 1 aliphatic heterocycles. The summed E-state index contributed by atoms with van der Waals surface area (Å²) < 4.78 is 0. The van der Waals surface area contributed by atoms with Gasteiger partial charge < -0.3 is 10.2 Å². The van der Waals surface area contributed by atoms with Crippen molar-refractivity contribution in [3.8, 4) is 0 Å². The van der Waals surface area contributed by atoms with Crippen LogP contribution in [0.15, 0.2) is 29.2 Å². The van der Waals surface area contributed by atoms with Crippen LogP contribution in [0.4, 0.5) is 5.82 Å². The molecule has 4 heterocycles.